The first-order chi connectivity index (χ1) is 8.83. The summed E-state index contributed by atoms with van der Waals surface area (Å²) in [6.07, 6.45) is 2.85. The average Bonchev–Trinajstić information content (AvgIpc) is 2.88. The molecule has 2 fully saturated rings. The van der Waals surface area contributed by atoms with E-state index in [1.807, 2.05) is 6.07 Å². The second-order valence-corrected chi connectivity index (χ2v) is 5.60. The summed E-state index contributed by atoms with van der Waals surface area (Å²) in [6.45, 7) is 7.75. The van der Waals surface area contributed by atoms with E-state index in [1.165, 1.54) is 62.3 Å². The summed E-state index contributed by atoms with van der Waals surface area (Å²) < 4.78 is 6.84. The van der Waals surface area contributed by atoms with Crippen molar-refractivity contribution in [3.63, 3.8) is 0 Å². The zero-order valence-corrected chi connectivity index (χ0v) is 13.2. The maximum absolute atomic E-state index is 5.47. The number of halogens is 1. The van der Waals surface area contributed by atoms with Gasteiger partial charge in [-0.3, -0.25) is 0 Å². The van der Waals surface area contributed by atoms with Crippen LogP contribution in [-0.4, -0.2) is 50.9 Å². The number of piperazine rings is 1. The van der Waals surface area contributed by atoms with E-state index >= 15 is 0 Å². The summed E-state index contributed by atoms with van der Waals surface area (Å²) in [5.41, 5.74) is 1.26. The average molecular weight is 327 g/mol. The molecule has 0 aliphatic carbocycles. The Morgan fingerprint density at radius 1 is 1.00 bits per heavy atom. The first kappa shape index (κ1) is 14.7. The molecule has 0 unspecified atom stereocenters. The normalized spacial score (nSPS) is 21.2. The Balaban J connectivity index is 0.00000133. The number of methoxy groups -OCH3 is 1. The largest absolute Gasteiger partial charge is 1.00 e. The van der Waals surface area contributed by atoms with Gasteiger partial charge in [-0.05, 0) is 12.1 Å². The van der Waals surface area contributed by atoms with Crippen LogP contribution in [0.3, 0.4) is 0 Å². The SMILES string of the molecule is COc1ccccc1N1CC[N+]2(CCCC2)CC1.[Br-]. The van der Waals surface area contributed by atoms with Crippen molar-refractivity contribution >= 4 is 5.69 Å². The van der Waals surface area contributed by atoms with Crippen LogP contribution in [0.5, 0.6) is 5.75 Å². The van der Waals surface area contributed by atoms with E-state index < -0.39 is 0 Å². The van der Waals surface area contributed by atoms with Crippen LogP contribution in [-0.2, 0) is 0 Å². The van der Waals surface area contributed by atoms with E-state index in [0.29, 0.717) is 0 Å². The first-order valence-electron chi connectivity index (χ1n) is 7.06. The number of para-hydroxylation sites is 2. The van der Waals surface area contributed by atoms with E-state index in [-0.39, 0.29) is 17.0 Å². The lowest BCUT2D eigenvalue weighted by Gasteiger charge is -2.43. The van der Waals surface area contributed by atoms with Crippen LogP contribution in [0.15, 0.2) is 24.3 Å². The van der Waals surface area contributed by atoms with E-state index in [9.17, 15) is 0 Å². The molecule has 0 N–H and O–H groups in total. The molecule has 2 aliphatic rings. The maximum Gasteiger partial charge on any atom is 0.142 e. The lowest BCUT2D eigenvalue weighted by atomic mass is 10.2. The Hall–Kier alpha value is -0.740. The van der Waals surface area contributed by atoms with Crippen molar-refractivity contribution in [2.24, 2.45) is 0 Å². The Morgan fingerprint density at radius 3 is 2.26 bits per heavy atom. The highest BCUT2D eigenvalue weighted by Gasteiger charge is 2.36. The Morgan fingerprint density at radius 2 is 1.63 bits per heavy atom. The quantitative estimate of drug-likeness (QED) is 0.655. The van der Waals surface area contributed by atoms with Gasteiger partial charge in [-0.1, -0.05) is 12.1 Å². The Labute approximate surface area is 126 Å². The number of hydrogen-bond donors (Lipinski definition) is 0. The molecule has 0 atom stereocenters. The van der Waals surface area contributed by atoms with Gasteiger partial charge in [-0.25, -0.2) is 0 Å². The number of nitrogens with zero attached hydrogens (tertiary/aromatic N) is 2. The summed E-state index contributed by atoms with van der Waals surface area (Å²) in [5, 5.41) is 0. The molecule has 106 valence electrons. The second-order valence-electron chi connectivity index (χ2n) is 5.60. The molecule has 1 spiro atoms. The van der Waals surface area contributed by atoms with Crippen LogP contribution in [0.1, 0.15) is 12.8 Å². The van der Waals surface area contributed by atoms with Crippen molar-refractivity contribution in [1.82, 2.24) is 0 Å². The predicted octanol–water partition coefficient (Wildman–Crippen LogP) is -0.870. The van der Waals surface area contributed by atoms with Crippen LogP contribution in [0.2, 0.25) is 0 Å². The van der Waals surface area contributed by atoms with Crippen molar-refractivity contribution in [1.29, 1.82) is 0 Å². The van der Waals surface area contributed by atoms with Crippen molar-refractivity contribution in [2.45, 2.75) is 12.8 Å². The van der Waals surface area contributed by atoms with Crippen LogP contribution >= 0.6 is 0 Å². The van der Waals surface area contributed by atoms with Gasteiger partial charge in [0.05, 0.1) is 52.1 Å². The highest BCUT2D eigenvalue weighted by molar-refractivity contribution is 5.58. The van der Waals surface area contributed by atoms with Crippen molar-refractivity contribution < 1.29 is 26.2 Å². The van der Waals surface area contributed by atoms with Gasteiger partial charge in [-0.15, -0.1) is 0 Å². The topological polar surface area (TPSA) is 12.5 Å². The summed E-state index contributed by atoms with van der Waals surface area (Å²) >= 11 is 0. The summed E-state index contributed by atoms with van der Waals surface area (Å²) in [6, 6.07) is 8.38. The third kappa shape index (κ3) is 2.90. The second kappa shape index (κ2) is 6.14. The molecule has 2 heterocycles. The molecular weight excluding hydrogens is 304 g/mol. The molecule has 1 aromatic rings. The maximum atomic E-state index is 5.47. The van der Waals surface area contributed by atoms with Gasteiger partial charge >= 0.3 is 0 Å². The summed E-state index contributed by atoms with van der Waals surface area (Å²) in [5.74, 6) is 1.01. The van der Waals surface area contributed by atoms with Crippen LogP contribution in [0.4, 0.5) is 5.69 Å². The number of anilines is 1. The molecule has 0 bridgehead atoms. The monoisotopic (exact) mass is 326 g/mol. The molecule has 0 amide bonds. The highest BCUT2D eigenvalue weighted by atomic mass is 79.9. The fourth-order valence-electron chi connectivity index (χ4n) is 3.47. The minimum absolute atomic E-state index is 0. The van der Waals surface area contributed by atoms with Crippen molar-refractivity contribution in [3.8, 4) is 5.75 Å². The zero-order chi connectivity index (χ0) is 12.4. The fraction of sp³-hybridized carbons (Fsp3) is 0.600. The lowest BCUT2D eigenvalue weighted by molar-refractivity contribution is -0.917. The van der Waals surface area contributed by atoms with E-state index in [2.05, 4.69) is 23.1 Å². The molecule has 0 saturated carbocycles. The summed E-state index contributed by atoms with van der Waals surface area (Å²) in [4.78, 5) is 2.49. The van der Waals surface area contributed by atoms with E-state index in [1.54, 1.807) is 7.11 Å². The Bertz CT molecular complexity index is 408. The fourth-order valence-corrected chi connectivity index (χ4v) is 3.47. The third-order valence-corrected chi connectivity index (χ3v) is 4.63. The molecule has 19 heavy (non-hydrogen) atoms. The zero-order valence-electron chi connectivity index (χ0n) is 11.6. The molecule has 2 aliphatic heterocycles. The van der Waals surface area contributed by atoms with Gasteiger partial charge in [0.25, 0.3) is 0 Å². The van der Waals surface area contributed by atoms with Gasteiger partial charge in [-0.2, -0.15) is 0 Å². The molecule has 4 heteroatoms. The summed E-state index contributed by atoms with van der Waals surface area (Å²) in [7, 11) is 1.76. The standard InChI is InChI=1S/C15H23N2O.BrH/c1-18-15-7-3-2-6-14(15)16-8-12-17(13-9-16)10-4-5-11-17;/h2-3,6-7H,4-5,8-13H2,1H3;1H/q+1;/p-1. The van der Waals surface area contributed by atoms with Gasteiger partial charge in [0, 0.05) is 12.8 Å². The highest BCUT2D eigenvalue weighted by Crippen LogP contribution is 2.30. The van der Waals surface area contributed by atoms with Crippen LogP contribution < -0.4 is 26.6 Å². The number of benzene rings is 1. The van der Waals surface area contributed by atoms with Gasteiger partial charge in [0.2, 0.25) is 0 Å². The minimum Gasteiger partial charge on any atom is -1.00 e. The van der Waals surface area contributed by atoms with Crippen LogP contribution in [0.25, 0.3) is 0 Å². The molecule has 3 rings (SSSR count). The number of hydrogen-bond acceptors (Lipinski definition) is 2. The number of rotatable bonds is 2. The first-order valence-corrected chi connectivity index (χ1v) is 7.06. The smallest absolute Gasteiger partial charge is 0.142 e. The minimum atomic E-state index is 0. The third-order valence-electron chi connectivity index (χ3n) is 4.63. The number of ether oxygens (including phenoxy) is 1. The van der Waals surface area contributed by atoms with Gasteiger partial charge in [0.1, 0.15) is 5.75 Å². The Kier molecular flexibility index (Phi) is 4.74. The lowest BCUT2D eigenvalue weighted by Crippen LogP contribution is -3.00. The molecule has 3 nitrogen and oxygen atoms in total. The van der Waals surface area contributed by atoms with Gasteiger partial charge < -0.3 is 31.1 Å². The molecular formula is C15H23BrN2O. The molecule has 2 saturated heterocycles. The van der Waals surface area contributed by atoms with Gasteiger partial charge in [0.15, 0.2) is 0 Å². The predicted molar refractivity (Wildman–Crippen MR) is 74.2 cm³/mol. The molecule has 1 aromatic carbocycles. The number of quaternary nitrogens is 1. The molecule has 0 radical (unpaired) electrons. The van der Waals surface area contributed by atoms with E-state index in [0.717, 1.165) is 5.75 Å². The van der Waals surface area contributed by atoms with Crippen molar-refractivity contribution in [3.05, 3.63) is 24.3 Å². The van der Waals surface area contributed by atoms with Crippen molar-refractivity contribution in [2.75, 3.05) is 51.3 Å². The molecule has 0 aromatic heterocycles. The van der Waals surface area contributed by atoms with E-state index in [4.69, 9.17) is 4.74 Å². The van der Waals surface area contributed by atoms with Crippen LogP contribution in [0, 0.1) is 0 Å².